The summed E-state index contributed by atoms with van der Waals surface area (Å²) in [6, 6.07) is 19.5. The highest BCUT2D eigenvalue weighted by Crippen LogP contribution is 2.37. The molecule has 0 aliphatic rings. The minimum absolute atomic E-state index is 0.360. The van der Waals surface area contributed by atoms with Crippen molar-refractivity contribution in [2.75, 3.05) is 7.05 Å². The first-order valence-corrected chi connectivity index (χ1v) is 8.57. The molecule has 0 fully saturated rings. The Hall–Kier alpha value is -0.770. The summed E-state index contributed by atoms with van der Waals surface area (Å²) in [6.45, 7) is 2.25. The zero-order valence-electron chi connectivity index (χ0n) is 11.8. The lowest BCUT2D eigenvalue weighted by molar-refractivity contribution is 0.555. The average molecular weight is 350 g/mol. The highest BCUT2D eigenvalue weighted by molar-refractivity contribution is 9.10. The molecule has 2 unspecified atom stereocenters. The van der Waals surface area contributed by atoms with Crippen LogP contribution in [0.5, 0.6) is 0 Å². The molecule has 1 N–H and O–H groups in total. The number of nitrogens with one attached hydrogen (secondary N) is 1. The second-order valence-electron chi connectivity index (χ2n) is 4.67. The van der Waals surface area contributed by atoms with Crippen LogP contribution in [-0.2, 0) is 0 Å². The molecule has 2 aromatic rings. The second-order valence-corrected chi connectivity index (χ2v) is 6.81. The fraction of sp³-hybridized carbons (Fsp3) is 0.294. The number of hydrogen-bond acceptors (Lipinski definition) is 2. The van der Waals surface area contributed by atoms with E-state index >= 15 is 0 Å². The van der Waals surface area contributed by atoms with Gasteiger partial charge >= 0.3 is 0 Å². The summed E-state index contributed by atoms with van der Waals surface area (Å²) in [5, 5.41) is 3.97. The Morgan fingerprint density at radius 3 is 2.30 bits per heavy atom. The predicted octanol–water partition coefficient (Wildman–Crippen LogP) is 5.28. The Balaban J connectivity index is 2.20. The molecule has 0 aromatic heterocycles. The summed E-state index contributed by atoms with van der Waals surface area (Å²) in [4.78, 5) is 1.30. The van der Waals surface area contributed by atoms with Crippen LogP contribution in [0, 0.1) is 0 Å². The Morgan fingerprint density at radius 2 is 1.70 bits per heavy atom. The van der Waals surface area contributed by atoms with E-state index in [4.69, 9.17) is 0 Å². The van der Waals surface area contributed by atoms with Crippen molar-refractivity contribution >= 4 is 27.7 Å². The van der Waals surface area contributed by atoms with Crippen molar-refractivity contribution in [1.82, 2.24) is 5.32 Å². The third kappa shape index (κ3) is 3.87. The van der Waals surface area contributed by atoms with E-state index in [0.717, 1.165) is 6.42 Å². The zero-order chi connectivity index (χ0) is 14.4. The number of hydrogen-bond donors (Lipinski definition) is 1. The number of halogens is 1. The van der Waals surface area contributed by atoms with Crippen molar-refractivity contribution in [1.29, 1.82) is 0 Å². The summed E-state index contributed by atoms with van der Waals surface area (Å²) < 4.78 is 1.17. The molecular weight excluding hydrogens is 330 g/mol. The van der Waals surface area contributed by atoms with Gasteiger partial charge in [0.05, 0.1) is 0 Å². The van der Waals surface area contributed by atoms with Gasteiger partial charge in [-0.05, 0) is 47.1 Å². The molecule has 0 aliphatic carbocycles. The summed E-state index contributed by atoms with van der Waals surface area (Å²) >= 11 is 5.57. The van der Waals surface area contributed by atoms with Crippen LogP contribution in [-0.4, -0.2) is 12.3 Å². The molecule has 0 amide bonds. The van der Waals surface area contributed by atoms with Gasteiger partial charge in [-0.1, -0.05) is 49.4 Å². The first-order valence-electron chi connectivity index (χ1n) is 6.89. The predicted molar refractivity (Wildman–Crippen MR) is 92.3 cm³/mol. The lowest BCUT2D eigenvalue weighted by atomic mass is 10.0. The van der Waals surface area contributed by atoms with Crippen LogP contribution in [0.1, 0.15) is 24.9 Å². The van der Waals surface area contributed by atoms with E-state index in [2.05, 4.69) is 82.8 Å². The molecular formula is C17H20BrNS. The monoisotopic (exact) mass is 349 g/mol. The van der Waals surface area contributed by atoms with Gasteiger partial charge in [-0.25, -0.2) is 0 Å². The van der Waals surface area contributed by atoms with Gasteiger partial charge in [0.15, 0.2) is 0 Å². The summed E-state index contributed by atoms with van der Waals surface area (Å²) in [5.41, 5.74) is 1.35. The van der Waals surface area contributed by atoms with Crippen molar-refractivity contribution in [3.8, 4) is 0 Å². The van der Waals surface area contributed by atoms with Crippen molar-refractivity contribution in [2.24, 2.45) is 0 Å². The molecule has 20 heavy (non-hydrogen) atoms. The van der Waals surface area contributed by atoms with E-state index in [0.29, 0.717) is 11.3 Å². The maximum absolute atomic E-state index is 3.64. The van der Waals surface area contributed by atoms with Gasteiger partial charge in [0.2, 0.25) is 0 Å². The highest BCUT2D eigenvalue weighted by Gasteiger charge is 2.21. The Morgan fingerprint density at radius 1 is 1.05 bits per heavy atom. The van der Waals surface area contributed by atoms with Gasteiger partial charge < -0.3 is 5.32 Å². The standard InChI is InChI=1S/C17H20BrNS/c1-3-15(20-16-12-8-7-11-14(16)18)17(19-2)13-9-5-4-6-10-13/h4-12,15,17,19H,3H2,1-2H3. The maximum atomic E-state index is 3.64. The fourth-order valence-electron chi connectivity index (χ4n) is 2.32. The summed E-state index contributed by atoms with van der Waals surface area (Å²) in [7, 11) is 2.04. The maximum Gasteiger partial charge on any atom is 0.0441 e. The van der Waals surface area contributed by atoms with E-state index in [9.17, 15) is 0 Å². The normalized spacial score (nSPS) is 13.9. The van der Waals surface area contributed by atoms with Gasteiger partial charge in [0.25, 0.3) is 0 Å². The van der Waals surface area contributed by atoms with Crippen molar-refractivity contribution < 1.29 is 0 Å². The smallest absolute Gasteiger partial charge is 0.0441 e. The largest absolute Gasteiger partial charge is 0.312 e. The third-order valence-corrected chi connectivity index (χ3v) is 5.83. The molecule has 0 radical (unpaired) electrons. The number of benzene rings is 2. The first-order chi connectivity index (χ1) is 9.76. The Bertz CT molecular complexity index is 530. The van der Waals surface area contributed by atoms with Crippen LogP contribution in [0.15, 0.2) is 64.0 Å². The van der Waals surface area contributed by atoms with E-state index in [-0.39, 0.29) is 0 Å². The second kappa shape index (κ2) is 7.87. The molecule has 0 heterocycles. The quantitative estimate of drug-likeness (QED) is 0.712. The van der Waals surface area contributed by atoms with Crippen molar-refractivity contribution in [3.63, 3.8) is 0 Å². The minimum atomic E-state index is 0.360. The van der Waals surface area contributed by atoms with Crippen LogP contribution in [0.3, 0.4) is 0 Å². The molecule has 0 bridgehead atoms. The van der Waals surface area contributed by atoms with Crippen LogP contribution in [0.25, 0.3) is 0 Å². The van der Waals surface area contributed by atoms with E-state index in [1.165, 1.54) is 14.9 Å². The molecule has 2 rings (SSSR count). The topological polar surface area (TPSA) is 12.0 Å². The Kier molecular flexibility index (Phi) is 6.14. The van der Waals surface area contributed by atoms with Gasteiger partial charge in [0, 0.05) is 20.7 Å². The van der Waals surface area contributed by atoms with E-state index in [1.807, 2.05) is 18.8 Å². The molecule has 2 atom stereocenters. The van der Waals surface area contributed by atoms with Crippen molar-refractivity contribution in [2.45, 2.75) is 29.5 Å². The Labute approximate surface area is 134 Å². The van der Waals surface area contributed by atoms with Gasteiger partial charge in [-0.15, -0.1) is 11.8 Å². The van der Waals surface area contributed by atoms with Gasteiger partial charge in [0.1, 0.15) is 0 Å². The van der Waals surface area contributed by atoms with Gasteiger partial charge in [-0.2, -0.15) is 0 Å². The fourth-order valence-corrected chi connectivity index (χ4v) is 4.14. The summed E-state index contributed by atoms with van der Waals surface area (Å²) in [6.07, 6.45) is 1.12. The lowest BCUT2D eigenvalue weighted by Crippen LogP contribution is -2.26. The minimum Gasteiger partial charge on any atom is -0.312 e. The van der Waals surface area contributed by atoms with Crippen molar-refractivity contribution in [3.05, 3.63) is 64.6 Å². The first kappa shape index (κ1) is 15.6. The number of thioether (sulfide) groups is 1. The van der Waals surface area contributed by atoms with Crippen LogP contribution < -0.4 is 5.32 Å². The third-order valence-electron chi connectivity index (χ3n) is 3.36. The highest BCUT2D eigenvalue weighted by atomic mass is 79.9. The number of rotatable bonds is 6. The lowest BCUT2D eigenvalue weighted by Gasteiger charge is -2.26. The zero-order valence-corrected chi connectivity index (χ0v) is 14.2. The average Bonchev–Trinajstić information content (AvgIpc) is 2.50. The molecule has 0 spiro atoms. The molecule has 2 aromatic carbocycles. The van der Waals surface area contributed by atoms with Crippen LogP contribution in [0.4, 0.5) is 0 Å². The summed E-state index contributed by atoms with van der Waals surface area (Å²) in [5.74, 6) is 0. The van der Waals surface area contributed by atoms with E-state index < -0.39 is 0 Å². The molecule has 106 valence electrons. The van der Waals surface area contributed by atoms with Crippen LogP contribution >= 0.6 is 27.7 Å². The van der Waals surface area contributed by atoms with Crippen LogP contribution in [0.2, 0.25) is 0 Å². The molecule has 0 saturated heterocycles. The molecule has 1 nitrogen and oxygen atoms in total. The molecule has 0 aliphatic heterocycles. The SMILES string of the molecule is CCC(Sc1ccccc1Br)C(NC)c1ccccc1. The molecule has 3 heteroatoms. The molecule has 0 saturated carbocycles. The van der Waals surface area contributed by atoms with E-state index in [1.54, 1.807) is 0 Å². The van der Waals surface area contributed by atoms with Gasteiger partial charge in [-0.3, -0.25) is 0 Å².